The van der Waals surface area contributed by atoms with Gasteiger partial charge in [0, 0.05) is 38.3 Å². The molecule has 0 atom stereocenters. The molecule has 3 aromatic rings. The Morgan fingerprint density at radius 1 is 0.971 bits per heavy atom. The number of amides is 2. The highest BCUT2D eigenvalue weighted by molar-refractivity contribution is 5.94. The molecule has 1 aliphatic heterocycles. The number of hydrogen-bond donors (Lipinski definition) is 2. The minimum atomic E-state index is -0.305. The third-order valence-electron chi connectivity index (χ3n) is 6.05. The van der Waals surface area contributed by atoms with Gasteiger partial charge in [-0.25, -0.2) is 9.18 Å². The molecule has 178 valence electrons. The fraction of sp³-hybridized carbons (Fsp3) is 0.296. The van der Waals surface area contributed by atoms with E-state index in [9.17, 15) is 9.18 Å². The lowest BCUT2D eigenvalue weighted by molar-refractivity contribution is 0.244. The van der Waals surface area contributed by atoms with E-state index in [0.717, 1.165) is 61.7 Å². The van der Waals surface area contributed by atoms with E-state index >= 15 is 0 Å². The summed E-state index contributed by atoms with van der Waals surface area (Å²) >= 11 is 0. The second kappa shape index (κ2) is 11.5. The molecule has 3 aromatic carbocycles. The Morgan fingerprint density at radius 2 is 1.74 bits per heavy atom. The summed E-state index contributed by atoms with van der Waals surface area (Å²) in [5.74, 6) is 0.602. The molecule has 0 spiro atoms. The van der Waals surface area contributed by atoms with Crippen LogP contribution < -0.4 is 20.3 Å². The zero-order valence-corrected chi connectivity index (χ0v) is 19.5. The molecular weight excluding hydrogens is 431 g/mol. The number of carbonyl (C=O) groups excluding carboxylic acids is 1. The number of ether oxygens (including phenoxy) is 1. The maximum absolute atomic E-state index is 13.6. The molecule has 2 amide bonds. The Balaban J connectivity index is 1.20. The first-order chi connectivity index (χ1) is 16.6. The molecule has 4 rings (SSSR count). The average molecular weight is 463 g/mol. The van der Waals surface area contributed by atoms with E-state index in [0.29, 0.717) is 12.2 Å². The topological polar surface area (TPSA) is 56.8 Å². The lowest BCUT2D eigenvalue weighted by Gasteiger charge is -2.36. The van der Waals surface area contributed by atoms with Gasteiger partial charge < -0.3 is 20.3 Å². The molecule has 1 saturated heterocycles. The molecule has 1 fully saturated rings. The molecule has 6 nitrogen and oxygen atoms in total. The van der Waals surface area contributed by atoms with E-state index in [2.05, 4.69) is 26.5 Å². The van der Waals surface area contributed by atoms with Gasteiger partial charge >= 0.3 is 6.03 Å². The third-order valence-corrected chi connectivity index (χ3v) is 6.05. The Hall–Kier alpha value is -3.58. The summed E-state index contributed by atoms with van der Waals surface area (Å²) in [7, 11) is 1.71. The van der Waals surface area contributed by atoms with Crippen LogP contribution in [-0.2, 0) is 0 Å². The van der Waals surface area contributed by atoms with Gasteiger partial charge in [0.05, 0.1) is 18.5 Å². The highest BCUT2D eigenvalue weighted by atomic mass is 19.1. The van der Waals surface area contributed by atoms with Crippen LogP contribution in [0, 0.1) is 5.82 Å². The number of piperazine rings is 1. The predicted molar refractivity (Wildman–Crippen MR) is 135 cm³/mol. The van der Waals surface area contributed by atoms with Gasteiger partial charge in [-0.05, 0) is 48.9 Å². The fourth-order valence-electron chi connectivity index (χ4n) is 4.27. The number of nitrogens with one attached hydrogen (secondary N) is 2. The molecule has 0 saturated carbocycles. The van der Waals surface area contributed by atoms with Crippen molar-refractivity contribution in [1.29, 1.82) is 0 Å². The Labute approximate surface area is 200 Å². The van der Waals surface area contributed by atoms with Crippen LogP contribution in [0.4, 0.5) is 20.6 Å². The van der Waals surface area contributed by atoms with Gasteiger partial charge in [0.25, 0.3) is 0 Å². The van der Waals surface area contributed by atoms with Gasteiger partial charge in [0.15, 0.2) is 0 Å². The first kappa shape index (κ1) is 23.6. The van der Waals surface area contributed by atoms with E-state index in [1.807, 2.05) is 48.5 Å². The van der Waals surface area contributed by atoms with Crippen LogP contribution in [0.2, 0.25) is 0 Å². The highest BCUT2D eigenvalue weighted by Crippen LogP contribution is 2.29. The molecule has 0 radical (unpaired) electrons. The van der Waals surface area contributed by atoms with Crippen molar-refractivity contribution >= 4 is 17.4 Å². The number of nitrogens with zero attached hydrogens (tertiary/aromatic N) is 2. The van der Waals surface area contributed by atoms with Crippen LogP contribution >= 0.6 is 0 Å². The van der Waals surface area contributed by atoms with Gasteiger partial charge in [0.1, 0.15) is 11.6 Å². The van der Waals surface area contributed by atoms with Crippen LogP contribution in [0.15, 0.2) is 72.8 Å². The molecule has 34 heavy (non-hydrogen) atoms. The number of halogens is 1. The largest absolute Gasteiger partial charge is 0.495 e. The molecule has 1 heterocycles. The summed E-state index contributed by atoms with van der Waals surface area (Å²) in [5, 5.41) is 5.83. The summed E-state index contributed by atoms with van der Waals surface area (Å²) in [5.41, 5.74) is 3.30. The smallest absolute Gasteiger partial charge is 0.319 e. The number of rotatable bonds is 8. The van der Waals surface area contributed by atoms with Crippen LogP contribution in [0.3, 0.4) is 0 Å². The van der Waals surface area contributed by atoms with E-state index in [-0.39, 0.29) is 11.8 Å². The second-order valence-electron chi connectivity index (χ2n) is 8.29. The molecule has 0 aromatic heterocycles. The maximum Gasteiger partial charge on any atom is 0.319 e. The van der Waals surface area contributed by atoms with Gasteiger partial charge in [-0.2, -0.15) is 0 Å². The molecule has 0 unspecified atom stereocenters. The SMILES string of the molecule is COc1ccccc1N1CCN(CCCNC(=O)Nc2ccccc2-c2cccc(F)c2)CC1. The third kappa shape index (κ3) is 6.05. The first-order valence-corrected chi connectivity index (χ1v) is 11.6. The molecular formula is C27H31FN4O2. The molecule has 7 heteroatoms. The van der Waals surface area contributed by atoms with Crippen molar-refractivity contribution in [2.24, 2.45) is 0 Å². The van der Waals surface area contributed by atoms with Crippen molar-refractivity contribution in [1.82, 2.24) is 10.2 Å². The quantitative estimate of drug-likeness (QED) is 0.471. The average Bonchev–Trinajstić information content (AvgIpc) is 2.87. The summed E-state index contributed by atoms with van der Waals surface area (Å²) in [6, 6.07) is 21.6. The number of para-hydroxylation sites is 3. The van der Waals surface area contributed by atoms with Gasteiger partial charge in [0.2, 0.25) is 0 Å². The Kier molecular flexibility index (Phi) is 7.99. The Bertz CT molecular complexity index is 1100. The first-order valence-electron chi connectivity index (χ1n) is 11.6. The number of benzene rings is 3. The predicted octanol–water partition coefficient (Wildman–Crippen LogP) is 4.84. The zero-order valence-electron chi connectivity index (χ0n) is 19.5. The minimum Gasteiger partial charge on any atom is -0.495 e. The van der Waals surface area contributed by atoms with Gasteiger partial charge in [-0.3, -0.25) is 4.90 Å². The van der Waals surface area contributed by atoms with E-state index < -0.39 is 0 Å². The minimum absolute atomic E-state index is 0.259. The molecule has 2 N–H and O–H groups in total. The summed E-state index contributed by atoms with van der Waals surface area (Å²) in [6.45, 7) is 5.37. The number of urea groups is 1. The molecule has 0 bridgehead atoms. The van der Waals surface area contributed by atoms with Crippen LogP contribution in [0.5, 0.6) is 5.75 Å². The maximum atomic E-state index is 13.6. The Morgan fingerprint density at radius 3 is 2.53 bits per heavy atom. The number of hydrogen-bond acceptors (Lipinski definition) is 4. The lowest BCUT2D eigenvalue weighted by Crippen LogP contribution is -2.47. The van der Waals surface area contributed by atoms with E-state index in [1.54, 1.807) is 13.2 Å². The second-order valence-corrected chi connectivity index (χ2v) is 8.29. The van der Waals surface area contributed by atoms with Gasteiger partial charge in [-0.15, -0.1) is 0 Å². The normalized spacial score (nSPS) is 14.0. The van der Waals surface area contributed by atoms with Crippen molar-refractivity contribution in [3.63, 3.8) is 0 Å². The van der Waals surface area contributed by atoms with Crippen LogP contribution in [-0.4, -0.2) is 57.3 Å². The molecule has 0 aliphatic carbocycles. The van der Waals surface area contributed by atoms with E-state index in [1.165, 1.54) is 12.1 Å². The number of anilines is 2. The highest BCUT2D eigenvalue weighted by Gasteiger charge is 2.19. The summed E-state index contributed by atoms with van der Waals surface area (Å²) in [6.07, 6.45) is 0.869. The summed E-state index contributed by atoms with van der Waals surface area (Å²) in [4.78, 5) is 17.2. The molecule has 1 aliphatic rings. The fourth-order valence-corrected chi connectivity index (χ4v) is 4.27. The standard InChI is InChI=1S/C27H31FN4O2/c1-34-26-13-5-4-12-25(26)32-18-16-31(17-19-32)15-7-14-29-27(33)30-24-11-3-2-10-23(24)21-8-6-9-22(28)20-21/h2-6,8-13,20H,7,14-19H2,1H3,(H2,29,30,33). The number of methoxy groups -OCH3 is 1. The van der Waals surface area contributed by atoms with E-state index in [4.69, 9.17) is 4.74 Å². The van der Waals surface area contributed by atoms with Crippen molar-refractivity contribution in [2.75, 3.05) is 56.6 Å². The van der Waals surface area contributed by atoms with Crippen molar-refractivity contribution in [3.8, 4) is 16.9 Å². The van der Waals surface area contributed by atoms with Crippen LogP contribution in [0.1, 0.15) is 6.42 Å². The van der Waals surface area contributed by atoms with Crippen LogP contribution in [0.25, 0.3) is 11.1 Å². The summed E-state index contributed by atoms with van der Waals surface area (Å²) < 4.78 is 19.1. The number of carbonyl (C=O) groups is 1. The van der Waals surface area contributed by atoms with Gasteiger partial charge in [-0.1, -0.05) is 42.5 Å². The zero-order chi connectivity index (χ0) is 23.8. The van der Waals surface area contributed by atoms with Crippen molar-refractivity contribution in [2.45, 2.75) is 6.42 Å². The van der Waals surface area contributed by atoms with Crippen molar-refractivity contribution < 1.29 is 13.9 Å². The monoisotopic (exact) mass is 462 g/mol. The van der Waals surface area contributed by atoms with Crippen molar-refractivity contribution in [3.05, 3.63) is 78.6 Å². The lowest BCUT2D eigenvalue weighted by atomic mass is 10.0.